The van der Waals surface area contributed by atoms with Gasteiger partial charge in [0, 0.05) is 0 Å². The van der Waals surface area contributed by atoms with E-state index in [4.69, 9.17) is 9.47 Å². The van der Waals surface area contributed by atoms with Crippen LogP contribution in [0.1, 0.15) is 277 Å². The lowest BCUT2D eigenvalue weighted by atomic mass is 9.98. The van der Waals surface area contributed by atoms with Crippen molar-refractivity contribution in [3.8, 4) is 0 Å². The number of carbonyl (C=O) groups excluding carboxylic acids is 1. The number of aliphatic hydroxyl groups excluding tert-OH is 7. The molecular formula is C61H115NO10. The Bertz CT molecular complexity index is 1260. The summed E-state index contributed by atoms with van der Waals surface area (Å²) in [5, 5.41) is 76.0. The Morgan fingerprint density at radius 1 is 0.486 bits per heavy atom. The number of hydrogen-bond donors (Lipinski definition) is 8. The van der Waals surface area contributed by atoms with Crippen LogP contribution in [0.5, 0.6) is 0 Å². The van der Waals surface area contributed by atoms with Crippen LogP contribution in [0.25, 0.3) is 0 Å². The first kappa shape index (κ1) is 68.3. The van der Waals surface area contributed by atoms with Gasteiger partial charge in [0.1, 0.15) is 36.6 Å². The molecule has 0 spiro atoms. The van der Waals surface area contributed by atoms with Gasteiger partial charge in [0.05, 0.1) is 25.4 Å². The van der Waals surface area contributed by atoms with Gasteiger partial charge in [-0.25, -0.2) is 0 Å². The Balaban J connectivity index is 2.20. The van der Waals surface area contributed by atoms with Gasteiger partial charge in [-0.3, -0.25) is 4.79 Å². The molecule has 11 nitrogen and oxygen atoms in total. The van der Waals surface area contributed by atoms with E-state index < -0.39 is 74.2 Å². The SMILES string of the molecule is CCCCCCCCCC/C=C/CCCC(O)C(O)C(COC1OC(CO)C(O)C(O)C1O)NC(=O)C(O)CCCCCCCCCCCCCCCCCC/C=C\C/C=C\CCCCCCCCCCC. The lowest BCUT2D eigenvalue weighted by Crippen LogP contribution is -2.60. The highest BCUT2D eigenvalue weighted by atomic mass is 16.7. The molecular weight excluding hydrogens is 907 g/mol. The molecule has 72 heavy (non-hydrogen) atoms. The summed E-state index contributed by atoms with van der Waals surface area (Å²) in [5.41, 5.74) is 0. The molecule has 0 aromatic rings. The molecule has 424 valence electrons. The summed E-state index contributed by atoms with van der Waals surface area (Å²) in [6, 6.07) is -1.18. The maximum Gasteiger partial charge on any atom is 0.249 e. The van der Waals surface area contributed by atoms with Crippen LogP contribution in [-0.2, 0) is 14.3 Å². The van der Waals surface area contributed by atoms with Gasteiger partial charge in [-0.2, -0.15) is 0 Å². The molecule has 1 rings (SSSR count). The molecule has 1 aliphatic rings. The zero-order chi connectivity index (χ0) is 52.5. The predicted molar refractivity (Wildman–Crippen MR) is 298 cm³/mol. The Hall–Kier alpha value is -1.67. The van der Waals surface area contributed by atoms with Gasteiger partial charge in [-0.05, 0) is 70.6 Å². The third-order valence-corrected chi connectivity index (χ3v) is 14.7. The maximum absolute atomic E-state index is 13.2. The van der Waals surface area contributed by atoms with Crippen molar-refractivity contribution in [3.05, 3.63) is 36.5 Å². The van der Waals surface area contributed by atoms with Crippen molar-refractivity contribution >= 4 is 5.91 Å². The maximum atomic E-state index is 13.2. The zero-order valence-electron chi connectivity index (χ0n) is 46.4. The largest absolute Gasteiger partial charge is 0.394 e. The third-order valence-electron chi connectivity index (χ3n) is 14.7. The molecule has 1 aliphatic heterocycles. The van der Waals surface area contributed by atoms with Gasteiger partial charge in [0.2, 0.25) is 5.91 Å². The van der Waals surface area contributed by atoms with Crippen molar-refractivity contribution in [2.24, 2.45) is 0 Å². The van der Waals surface area contributed by atoms with Crippen LogP contribution in [0.2, 0.25) is 0 Å². The Morgan fingerprint density at radius 2 is 0.861 bits per heavy atom. The fraction of sp³-hybridized carbons (Fsp3) is 0.885. The van der Waals surface area contributed by atoms with Crippen LogP contribution in [0, 0.1) is 0 Å². The number of aliphatic hydroxyl groups is 7. The molecule has 1 heterocycles. The number of nitrogens with one attached hydrogen (secondary N) is 1. The molecule has 0 aromatic heterocycles. The van der Waals surface area contributed by atoms with Gasteiger partial charge in [0.15, 0.2) is 6.29 Å². The van der Waals surface area contributed by atoms with E-state index in [0.717, 1.165) is 44.9 Å². The average molecular weight is 1020 g/mol. The van der Waals surface area contributed by atoms with Gasteiger partial charge in [0.25, 0.3) is 0 Å². The summed E-state index contributed by atoms with van der Waals surface area (Å²) in [7, 11) is 0. The molecule has 0 aliphatic carbocycles. The van der Waals surface area contributed by atoms with E-state index in [-0.39, 0.29) is 12.8 Å². The summed E-state index contributed by atoms with van der Waals surface area (Å²) in [6.07, 6.45) is 50.8. The summed E-state index contributed by atoms with van der Waals surface area (Å²) in [5.74, 6) is -0.704. The van der Waals surface area contributed by atoms with Gasteiger partial charge in [-0.15, -0.1) is 0 Å². The van der Waals surface area contributed by atoms with Crippen molar-refractivity contribution in [1.82, 2.24) is 5.32 Å². The van der Waals surface area contributed by atoms with Crippen molar-refractivity contribution in [3.63, 3.8) is 0 Å². The summed E-state index contributed by atoms with van der Waals surface area (Å²) in [6.45, 7) is 3.44. The molecule has 8 N–H and O–H groups in total. The molecule has 9 atom stereocenters. The molecule has 0 saturated carbocycles. The Morgan fingerprint density at radius 3 is 1.28 bits per heavy atom. The number of carbonyl (C=O) groups is 1. The van der Waals surface area contributed by atoms with Crippen molar-refractivity contribution < 1.29 is 50.0 Å². The fourth-order valence-electron chi connectivity index (χ4n) is 9.71. The van der Waals surface area contributed by atoms with E-state index in [1.54, 1.807) is 0 Å². The monoisotopic (exact) mass is 1020 g/mol. The van der Waals surface area contributed by atoms with Crippen LogP contribution in [0.3, 0.4) is 0 Å². The molecule has 0 radical (unpaired) electrons. The van der Waals surface area contributed by atoms with E-state index >= 15 is 0 Å². The van der Waals surface area contributed by atoms with Gasteiger partial charge in [-0.1, -0.05) is 243 Å². The lowest BCUT2D eigenvalue weighted by Gasteiger charge is -2.40. The van der Waals surface area contributed by atoms with Crippen LogP contribution in [0.15, 0.2) is 36.5 Å². The van der Waals surface area contributed by atoms with Crippen LogP contribution >= 0.6 is 0 Å². The number of hydrogen-bond acceptors (Lipinski definition) is 10. The standard InChI is InChI=1S/C61H115NO10/c1-3-5-7-9-11-13-15-17-18-19-20-21-22-23-24-25-26-27-28-29-30-31-32-33-34-35-37-39-41-43-45-47-49-54(65)60(70)62-52(51-71-61-59(69)58(68)57(67)55(50-63)72-61)56(66)53(64)48-46-44-42-40-38-36-16-14-12-10-8-6-4-2/h20-21,23-24,40,42,52-59,61,63-69H,3-19,22,25-39,41,43-51H2,1-2H3,(H,62,70)/b21-20-,24-23-,42-40+. The second kappa shape index (κ2) is 50.2. The first-order valence-electron chi connectivity index (χ1n) is 30.4. The topological polar surface area (TPSA) is 189 Å². The normalized spacial score (nSPS) is 20.3. The molecule has 0 bridgehead atoms. The molecule has 1 fully saturated rings. The molecule has 1 saturated heterocycles. The van der Waals surface area contributed by atoms with Crippen molar-refractivity contribution in [2.75, 3.05) is 13.2 Å². The third kappa shape index (κ3) is 38.0. The van der Waals surface area contributed by atoms with Crippen LogP contribution < -0.4 is 5.32 Å². The van der Waals surface area contributed by atoms with E-state index in [0.29, 0.717) is 12.8 Å². The predicted octanol–water partition coefficient (Wildman–Crippen LogP) is 13.1. The van der Waals surface area contributed by atoms with Gasteiger partial charge < -0.3 is 50.5 Å². The first-order chi connectivity index (χ1) is 35.2. The van der Waals surface area contributed by atoms with Crippen LogP contribution in [0.4, 0.5) is 0 Å². The first-order valence-corrected chi connectivity index (χ1v) is 30.4. The number of allylic oxidation sites excluding steroid dienone is 6. The highest BCUT2D eigenvalue weighted by molar-refractivity contribution is 5.80. The minimum absolute atomic E-state index is 0.255. The van der Waals surface area contributed by atoms with Crippen LogP contribution in [-0.4, -0.2) is 110 Å². The summed E-state index contributed by atoms with van der Waals surface area (Å²) < 4.78 is 11.1. The molecule has 0 aromatic carbocycles. The highest BCUT2D eigenvalue weighted by Crippen LogP contribution is 2.23. The van der Waals surface area contributed by atoms with Crippen molar-refractivity contribution in [2.45, 2.75) is 332 Å². The van der Waals surface area contributed by atoms with Gasteiger partial charge >= 0.3 is 0 Å². The highest BCUT2D eigenvalue weighted by Gasteiger charge is 2.44. The Labute approximate surface area is 441 Å². The van der Waals surface area contributed by atoms with E-state index in [2.05, 4.69) is 55.6 Å². The zero-order valence-corrected chi connectivity index (χ0v) is 46.4. The molecule has 9 unspecified atom stereocenters. The number of unbranched alkanes of at least 4 members (excludes halogenated alkanes) is 34. The number of ether oxygens (including phenoxy) is 2. The smallest absolute Gasteiger partial charge is 0.249 e. The minimum Gasteiger partial charge on any atom is -0.394 e. The second-order valence-electron chi connectivity index (χ2n) is 21.4. The average Bonchev–Trinajstić information content (AvgIpc) is 3.38. The molecule has 11 heteroatoms. The summed E-state index contributed by atoms with van der Waals surface area (Å²) in [4.78, 5) is 13.2. The second-order valence-corrected chi connectivity index (χ2v) is 21.4. The fourth-order valence-corrected chi connectivity index (χ4v) is 9.71. The lowest BCUT2D eigenvalue weighted by molar-refractivity contribution is -0.303. The van der Waals surface area contributed by atoms with E-state index in [1.807, 2.05) is 0 Å². The Kier molecular flexibility index (Phi) is 47.6. The minimum atomic E-state index is -1.67. The van der Waals surface area contributed by atoms with E-state index in [1.165, 1.54) is 193 Å². The number of rotatable bonds is 52. The quantitative estimate of drug-likeness (QED) is 0.0215. The summed E-state index contributed by atoms with van der Waals surface area (Å²) >= 11 is 0. The van der Waals surface area contributed by atoms with Crippen molar-refractivity contribution in [1.29, 1.82) is 0 Å². The molecule has 1 amide bonds. The number of amides is 1. The van der Waals surface area contributed by atoms with E-state index in [9.17, 15) is 40.5 Å².